The lowest BCUT2D eigenvalue weighted by Crippen LogP contribution is -2.35. The second-order valence-corrected chi connectivity index (χ2v) is 6.07. The van der Waals surface area contributed by atoms with Crippen LogP contribution in [0.25, 0.3) is 0 Å². The van der Waals surface area contributed by atoms with E-state index in [1.165, 1.54) is 13.3 Å². The molecule has 0 saturated heterocycles. The fraction of sp³-hybridized carbons (Fsp3) is 0.111. The van der Waals surface area contributed by atoms with E-state index in [-0.39, 0.29) is 11.6 Å². The number of hydrogen-bond donors (Lipinski definition) is 3. The van der Waals surface area contributed by atoms with Gasteiger partial charge in [-0.2, -0.15) is 5.10 Å². The molecule has 0 spiro atoms. The van der Waals surface area contributed by atoms with E-state index in [4.69, 9.17) is 27.9 Å². The van der Waals surface area contributed by atoms with Crippen LogP contribution in [0.15, 0.2) is 47.6 Å². The summed E-state index contributed by atoms with van der Waals surface area (Å²) in [5, 5.41) is 9.04. The van der Waals surface area contributed by atoms with E-state index in [1.807, 2.05) is 0 Å². The number of ether oxygens (including phenoxy) is 1. The molecule has 0 saturated carbocycles. The molecule has 10 heteroatoms. The SMILES string of the molecule is CNC(=O)C(=O)N/N=C\c1ccc(OCC(=O)Nc2cccc(Cl)c2Cl)cc1. The number of nitrogens with one attached hydrogen (secondary N) is 3. The summed E-state index contributed by atoms with van der Waals surface area (Å²) in [6.45, 7) is -0.224. The predicted octanol–water partition coefficient (Wildman–Crippen LogP) is 2.21. The first kappa shape index (κ1) is 21.2. The Morgan fingerprint density at radius 3 is 2.46 bits per heavy atom. The highest BCUT2D eigenvalue weighted by molar-refractivity contribution is 6.44. The molecule has 146 valence electrons. The zero-order chi connectivity index (χ0) is 20.5. The van der Waals surface area contributed by atoms with Gasteiger partial charge in [0.2, 0.25) is 0 Å². The van der Waals surface area contributed by atoms with Crippen molar-refractivity contribution in [3.63, 3.8) is 0 Å². The van der Waals surface area contributed by atoms with Crippen LogP contribution >= 0.6 is 23.2 Å². The number of carbonyl (C=O) groups is 3. The highest BCUT2D eigenvalue weighted by atomic mass is 35.5. The van der Waals surface area contributed by atoms with Crippen molar-refractivity contribution in [3.8, 4) is 5.75 Å². The molecule has 3 N–H and O–H groups in total. The molecular weight excluding hydrogens is 407 g/mol. The van der Waals surface area contributed by atoms with Crippen LogP contribution in [0.4, 0.5) is 5.69 Å². The van der Waals surface area contributed by atoms with E-state index in [0.717, 1.165) is 0 Å². The topological polar surface area (TPSA) is 109 Å². The molecule has 2 aromatic carbocycles. The average molecular weight is 423 g/mol. The Balaban J connectivity index is 1.83. The number of benzene rings is 2. The summed E-state index contributed by atoms with van der Waals surface area (Å²) in [6.07, 6.45) is 1.36. The molecule has 8 nitrogen and oxygen atoms in total. The highest BCUT2D eigenvalue weighted by Crippen LogP contribution is 2.29. The van der Waals surface area contributed by atoms with Crippen LogP contribution in [0.2, 0.25) is 10.0 Å². The summed E-state index contributed by atoms with van der Waals surface area (Å²) in [5.41, 5.74) is 3.13. The minimum atomic E-state index is -0.871. The summed E-state index contributed by atoms with van der Waals surface area (Å²) >= 11 is 11.9. The van der Waals surface area contributed by atoms with Gasteiger partial charge in [-0.05, 0) is 42.0 Å². The predicted molar refractivity (Wildman–Crippen MR) is 107 cm³/mol. The van der Waals surface area contributed by atoms with E-state index in [0.29, 0.717) is 22.0 Å². The minimum Gasteiger partial charge on any atom is -0.484 e. The van der Waals surface area contributed by atoms with Crippen LogP contribution in [-0.4, -0.2) is 37.6 Å². The van der Waals surface area contributed by atoms with Gasteiger partial charge < -0.3 is 15.4 Å². The molecule has 3 amide bonds. The Morgan fingerprint density at radius 2 is 1.79 bits per heavy atom. The minimum absolute atomic E-state index is 0.224. The van der Waals surface area contributed by atoms with Gasteiger partial charge in [0.25, 0.3) is 5.91 Å². The third-order valence-corrected chi connectivity index (χ3v) is 4.11. The summed E-state index contributed by atoms with van der Waals surface area (Å²) in [5.74, 6) is -1.60. The molecule has 2 rings (SSSR count). The molecule has 0 aliphatic heterocycles. The summed E-state index contributed by atoms with van der Waals surface area (Å²) < 4.78 is 5.40. The van der Waals surface area contributed by atoms with Crippen molar-refractivity contribution < 1.29 is 19.1 Å². The monoisotopic (exact) mass is 422 g/mol. The maximum atomic E-state index is 12.0. The fourth-order valence-corrected chi connectivity index (χ4v) is 2.26. The van der Waals surface area contributed by atoms with E-state index in [9.17, 15) is 14.4 Å². The zero-order valence-electron chi connectivity index (χ0n) is 14.7. The Hall–Kier alpha value is -3.10. The smallest absolute Gasteiger partial charge is 0.329 e. The van der Waals surface area contributed by atoms with Gasteiger partial charge in [-0.25, -0.2) is 5.43 Å². The van der Waals surface area contributed by atoms with Gasteiger partial charge in [-0.1, -0.05) is 29.3 Å². The number of hydrogen-bond acceptors (Lipinski definition) is 5. The second kappa shape index (κ2) is 10.3. The average Bonchev–Trinajstić information content (AvgIpc) is 2.70. The van der Waals surface area contributed by atoms with E-state index < -0.39 is 17.7 Å². The first-order valence-electron chi connectivity index (χ1n) is 7.92. The molecule has 0 radical (unpaired) electrons. The fourth-order valence-electron chi connectivity index (χ4n) is 1.92. The van der Waals surface area contributed by atoms with Crippen molar-refractivity contribution >= 4 is 52.8 Å². The molecule has 28 heavy (non-hydrogen) atoms. The Labute approximate surface area is 170 Å². The third kappa shape index (κ3) is 6.26. The maximum absolute atomic E-state index is 12.0. The van der Waals surface area contributed by atoms with Crippen molar-refractivity contribution in [3.05, 3.63) is 58.1 Å². The van der Waals surface area contributed by atoms with E-state index in [2.05, 4.69) is 21.2 Å². The normalized spacial score (nSPS) is 10.4. The van der Waals surface area contributed by atoms with Crippen LogP contribution in [0.3, 0.4) is 0 Å². The van der Waals surface area contributed by atoms with Gasteiger partial charge in [0.05, 0.1) is 21.9 Å². The largest absolute Gasteiger partial charge is 0.484 e. The third-order valence-electron chi connectivity index (χ3n) is 3.29. The summed E-state index contributed by atoms with van der Waals surface area (Å²) in [6, 6.07) is 11.5. The lowest BCUT2D eigenvalue weighted by atomic mass is 10.2. The maximum Gasteiger partial charge on any atom is 0.329 e. The molecule has 2 aromatic rings. The Kier molecular flexibility index (Phi) is 7.79. The Bertz CT molecular complexity index is 901. The van der Waals surface area contributed by atoms with Gasteiger partial charge in [0, 0.05) is 7.05 Å². The van der Waals surface area contributed by atoms with Crippen molar-refractivity contribution in [2.75, 3.05) is 19.0 Å². The quantitative estimate of drug-likeness (QED) is 0.376. The van der Waals surface area contributed by atoms with Crippen LogP contribution in [0, 0.1) is 0 Å². The van der Waals surface area contributed by atoms with Crippen LogP contribution in [0.1, 0.15) is 5.56 Å². The number of nitrogens with zero attached hydrogens (tertiary/aromatic N) is 1. The number of amides is 3. The van der Waals surface area contributed by atoms with Gasteiger partial charge in [-0.3, -0.25) is 14.4 Å². The lowest BCUT2D eigenvalue weighted by Gasteiger charge is -2.09. The first-order valence-corrected chi connectivity index (χ1v) is 8.68. The summed E-state index contributed by atoms with van der Waals surface area (Å²) in [7, 11) is 1.34. The molecule has 0 aliphatic carbocycles. The van der Waals surface area contributed by atoms with Gasteiger partial charge in [0.15, 0.2) is 6.61 Å². The molecule has 0 aromatic heterocycles. The summed E-state index contributed by atoms with van der Waals surface area (Å²) in [4.78, 5) is 34.2. The highest BCUT2D eigenvalue weighted by Gasteiger charge is 2.10. The van der Waals surface area contributed by atoms with Crippen molar-refractivity contribution in [2.45, 2.75) is 0 Å². The molecule has 0 unspecified atom stereocenters. The van der Waals surface area contributed by atoms with E-state index >= 15 is 0 Å². The van der Waals surface area contributed by atoms with Crippen LogP contribution < -0.4 is 20.8 Å². The zero-order valence-corrected chi connectivity index (χ0v) is 16.2. The number of hydrazone groups is 1. The van der Waals surface area contributed by atoms with Crippen molar-refractivity contribution in [1.82, 2.24) is 10.7 Å². The van der Waals surface area contributed by atoms with Crippen LogP contribution in [0.5, 0.6) is 5.75 Å². The van der Waals surface area contributed by atoms with Gasteiger partial charge in [-0.15, -0.1) is 0 Å². The second-order valence-electron chi connectivity index (χ2n) is 5.29. The van der Waals surface area contributed by atoms with Gasteiger partial charge >= 0.3 is 11.8 Å². The first-order chi connectivity index (χ1) is 13.4. The number of likely N-dealkylation sites (N-methyl/N-ethyl adjacent to an activating group) is 1. The van der Waals surface area contributed by atoms with Gasteiger partial charge in [0.1, 0.15) is 5.75 Å². The van der Waals surface area contributed by atoms with E-state index in [1.54, 1.807) is 42.5 Å². The Morgan fingerprint density at radius 1 is 1.07 bits per heavy atom. The van der Waals surface area contributed by atoms with Crippen molar-refractivity contribution in [2.24, 2.45) is 5.10 Å². The van der Waals surface area contributed by atoms with Crippen LogP contribution in [-0.2, 0) is 14.4 Å². The lowest BCUT2D eigenvalue weighted by molar-refractivity contribution is -0.138. The number of carbonyl (C=O) groups excluding carboxylic acids is 3. The molecule has 0 atom stereocenters. The molecule has 0 fully saturated rings. The van der Waals surface area contributed by atoms with Crippen molar-refractivity contribution in [1.29, 1.82) is 0 Å². The number of rotatable bonds is 6. The number of anilines is 1. The molecule has 0 heterocycles. The molecular formula is C18H16Cl2N4O4. The molecule has 0 bridgehead atoms. The number of halogens is 2. The molecule has 0 aliphatic rings. The standard InChI is InChI=1S/C18H16Cl2N4O4/c1-21-17(26)18(27)24-22-9-11-5-7-12(8-6-11)28-10-15(25)23-14-4-2-3-13(19)16(14)20/h2-9H,10H2,1H3,(H,21,26)(H,23,25)(H,24,27)/b22-9-.